The number of aryl methyl sites for hydroxylation is 2. The molecular weight excluding hydrogens is 326 g/mol. The number of hydrogen-bond donors (Lipinski definition) is 2. The number of nitrogens with zero attached hydrogens (tertiary/aromatic N) is 3. The predicted molar refractivity (Wildman–Crippen MR) is 108 cm³/mol. The summed E-state index contributed by atoms with van der Waals surface area (Å²) in [6.45, 7) is 17.7. The third-order valence-electron chi connectivity index (χ3n) is 5.34. The number of guanidine groups is 1. The molecule has 148 valence electrons. The molecule has 1 aliphatic heterocycles. The van der Waals surface area contributed by atoms with E-state index in [1.807, 2.05) is 13.8 Å². The molecular formula is C20H37N5O. The second-order valence-corrected chi connectivity index (χ2v) is 8.08. The lowest BCUT2D eigenvalue weighted by Crippen LogP contribution is -2.49. The molecule has 0 aromatic carbocycles. The fourth-order valence-corrected chi connectivity index (χ4v) is 3.76. The van der Waals surface area contributed by atoms with E-state index in [1.165, 1.54) is 37.9 Å². The van der Waals surface area contributed by atoms with E-state index in [0.717, 1.165) is 37.0 Å². The lowest BCUT2D eigenvalue weighted by molar-refractivity contribution is 0.102. The third-order valence-corrected chi connectivity index (χ3v) is 5.34. The van der Waals surface area contributed by atoms with Crippen molar-refractivity contribution in [2.24, 2.45) is 4.99 Å². The summed E-state index contributed by atoms with van der Waals surface area (Å²) in [6.07, 6.45) is 3.97. The van der Waals surface area contributed by atoms with E-state index in [4.69, 9.17) is 9.52 Å². The molecule has 0 spiro atoms. The molecule has 0 amide bonds. The minimum Gasteiger partial charge on any atom is -0.361 e. The van der Waals surface area contributed by atoms with Gasteiger partial charge < -0.3 is 15.2 Å². The lowest BCUT2D eigenvalue weighted by atomic mass is 9.99. The first-order chi connectivity index (χ1) is 12.3. The highest BCUT2D eigenvalue weighted by molar-refractivity contribution is 5.79. The molecule has 26 heavy (non-hydrogen) atoms. The lowest BCUT2D eigenvalue weighted by Gasteiger charge is -2.40. The Morgan fingerprint density at radius 2 is 1.92 bits per heavy atom. The first-order valence-electron chi connectivity index (χ1n) is 10.0. The molecule has 1 aromatic heterocycles. The van der Waals surface area contributed by atoms with Crippen LogP contribution in [-0.2, 0) is 0 Å². The Morgan fingerprint density at radius 3 is 2.50 bits per heavy atom. The first kappa shape index (κ1) is 20.7. The molecule has 6 nitrogen and oxygen atoms in total. The van der Waals surface area contributed by atoms with Crippen molar-refractivity contribution in [3.8, 4) is 0 Å². The van der Waals surface area contributed by atoms with Gasteiger partial charge in [0.05, 0.1) is 12.2 Å². The highest BCUT2D eigenvalue weighted by atomic mass is 16.5. The van der Waals surface area contributed by atoms with Crippen LogP contribution in [0.25, 0.3) is 0 Å². The number of hydrogen-bond acceptors (Lipinski definition) is 4. The quantitative estimate of drug-likeness (QED) is 0.575. The summed E-state index contributed by atoms with van der Waals surface area (Å²) >= 11 is 0. The van der Waals surface area contributed by atoms with Crippen LogP contribution in [0, 0.1) is 13.8 Å². The van der Waals surface area contributed by atoms with Crippen molar-refractivity contribution < 1.29 is 4.52 Å². The fraction of sp³-hybridized carbons (Fsp3) is 0.800. The SMILES string of the molecule is CCNC(=NCC(C)(C)N1CCCCC1)NCC(C)c1c(C)noc1C. The van der Waals surface area contributed by atoms with E-state index in [-0.39, 0.29) is 5.54 Å². The monoisotopic (exact) mass is 363 g/mol. The molecule has 1 saturated heterocycles. The smallest absolute Gasteiger partial charge is 0.191 e. The first-order valence-corrected chi connectivity index (χ1v) is 10.0. The van der Waals surface area contributed by atoms with Crippen molar-refractivity contribution >= 4 is 5.96 Å². The average Bonchev–Trinajstić information content (AvgIpc) is 2.96. The maximum atomic E-state index is 5.30. The molecule has 1 unspecified atom stereocenters. The average molecular weight is 364 g/mol. The summed E-state index contributed by atoms with van der Waals surface area (Å²) in [5.41, 5.74) is 2.27. The molecule has 0 bridgehead atoms. The van der Waals surface area contributed by atoms with Crippen LogP contribution >= 0.6 is 0 Å². The zero-order valence-electron chi connectivity index (χ0n) is 17.5. The van der Waals surface area contributed by atoms with E-state index >= 15 is 0 Å². The minimum atomic E-state index is 0.0933. The normalized spacial score (nSPS) is 18.0. The van der Waals surface area contributed by atoms with Gasteiger partial charge in [-0.15, -0.1) is 0 Å². The largest absolute Gasteiger partial charge is 0.361 e. The topological polar surface area (TPSA) is 65.7 Å². The summed E-state index contributed by atoms with van der Waals surface area (Å²) in [6, 6.07) is 0. The second-order valence-electron chi connectivity index (χ2n) is 8.08. The Hall–Kier alpha value is -1.56. The van der Waals surface area contributed by atoms with Crippen LogP contribution in [0.2, 0.25) is 0 Å². The second kappa shape index (κ2) is 9.40. The van der Waals surface area contributed by atoms with Crippen LogP contribution in [0.3, 0.4) is 0 Å². The van der Waals surface area contributed by atoms with Gasteiger partial charge in [0, 0.05) is 30.1 Å². The predicted octanol–water partition coefficient (Wildman–Crippen LogP) is 3.21. The Morgan fingerprint density at radius 1 is 1.23 bits per heavy atom. The molecule has 2 N–H and O–H groups in total. The van der Waals surface area contributed by atoms with E-state index in [1.54, 1.807) is 0 Å². The fourth-order valence-electron chi connectivity index (χ4n) is 3.76. The van der Waals surface area contributed by atoms with Crippen LogP contribution < -0.4 is 10.6 Å². The Labute approximate surface area is 158 Å². The summed E-state index contributed by atoms with van der Waals surface area (Å²) in [5, 5.41) is 10.9. The van der Waals surface area contributed by atoms with Gasteiger partial charge in [-0.05, 0) is 60.5 Å². The van der Waals surface area contributed by atoms with Gasteiger partial charge in [-0.3, -0.25) is 9.89 Å². The summed E-state index contributed by atoms with van der Waals surface area (Å²) in [4.78, 5) is 7.45. The van der Waals surface area contributed by atoms with Crippen molar-refractivity contribution in [2.45, 2.75) is 72.3 Å². The Kier molecular flexibility index (Phi) is 7.50. The van der Waals surface area contributed by atoms with Crippen LogP contribution in [0.4, 0.5) is 0 Å². The Balaban J connectivity index is 1.95. The number of aliphatic imine (C=N–C) groups is 1. The van der Waals surface area contributed by atoms with E-state index in [0.29, 0.717) is 5.92 Å². The van der Waals surface area contributed by atoms with Gasteiger partial charge >= 0.3 is 0 Å². The van der Waals surface area contributed by atoms with Crippen LogP contribution in [0.15, 0.2) is 9.52 Å². The molecule has 1 aromatic rings. The molecule has 2 heterocycles. The molecule has 2 rings (SSSR count). The van der Waals surface area contributed by atoms with Crippen LogP contribution in [0.1, 0.15) is 69.9 Å². The van der Waals surface area contributed by atoms with Crippen molar-refractivity contribution in [1.82, 2.24) is 20.7 Å². The van der Waals surface area contributed by atoms with Crippen molar-refractivity contribution in [3.63, 3.8) is 0 Å². The maximum Gasteiger partial charge on any atom is 0.191 e. The number of rotatable bonds is 7. The summed E-state index contributed by atoms with van der Waals surface area (Å²) < 4.78 is 5.30. The molecule has 0 radical (unpaired) electrons. The Bertz CT molecular complexity index is 568. The van der Waals surface area contributed by atoms with Gasteiger partial charge in [-0.2, -0.15) is 0 Å². The van der Waals surface area contributed by atoms with Gasteiger partial charge in [0.15, 0.2) is 5.96 Å². The summed E-state index contributed by atoms with van der Waals surface area (Å²) in [7, 11) is 0. The zero-order valence-corrected chi connectivity index (χ0v) is 17.5. The number of piperidine rings is 1. The number of nitrogens with one attached hydrogen (secondary N) is 2. The molecule has 0 saturated carbocycles. The zero-order chi connectivity index (χ0) is 19.2. The van der Waals surface area contributed by atoms with Crippen molar-refractivity contribution in [2.75, 3.05) is 32.7 Å². The van der Waals surface area contributed by atoms with E-state index < -0.39 is 0 Å². The van der Waals surface area contributed by atoms with E-state index in [9.17, 15) is 0 Å². The van der Waals surface area contributed by atoms with Crippen LogP contribution in [-0.4, -0.2) is 54.3 Å². The molecule has 1 aliphatic rings. The van der Waals surface area contributed by atoms with Gasteiger partial charge in [-0.1, -0.05) is 18.5 Å². The van der Waals surface area contributed by atoms with Gasteiger partial charge in [-0.25, -0.2) is 0 Å². The van der Waals surface area contributed by atoms with Crippen molar-refractivity contribution in [3.05, 3.63) is 17.0 Å². The van der Waals surface area contributed by atoms with E-state index in [2.05, 4.69) is 48.4 Å². The van der Waals surface area contributed by atoms with Gasteiger partial charge in [0.25, 0.3) is 0 Å². The van der Waals surface area contributed by atoms with Gasteiger partial charge in [0.2, 0.25) is 0 Å². The molecule has 1 atom stereocenters. The molecule has 0 aliphatic carbocycles. The number of aromatic nitrogens is 1. The van der Waals surface area contributed by atoms with Crippen molar-refractivity contribution in [1.29, 1.82) is 0 Å². The number of likely N-dealkylation sites (tertiary alicyclic amines) is 1. The van der Waals surface area contributed by atoms with Gasteiger partial charge in [0.1, 0.15) is 5.76 Å². The van der Waals surface area contributed by atoms with Crippen LogP contribution in [0.5, 0.6) is 0 Å². The molecule has 1 fully saturated rings. The summed E-state index contributed by atoms with van der Waals surface area (Å²) in [5.74, 6) is 2.11. The highest BCUT2D eigenvalue weighted by Crippen LogP contribution is 2.23. The standard InChI is InChI=1S/C20H37N5O/c1-7-21-19(22-13-15(2)18-16(3)24-26-17(18)4)23-14-20(5,6)25-11-9-8-10-12-25/h15H,7-14H2,1-6H3,(H2,21,22,23). The molecule has 6 heteroatoms. The maximum absolute atomic E-state index is 5.30. The highest BCUT2D eigenvalue weighted by Gasteiger charge is 2.27. The third kappa shape index (κ3) is 5.47. The minimum absolute atomic E-state index is 0.0933.